The molecule has 0 aromatic heterocycles. The molecule has 0 fully saturated rings. The monoisotopic (exact) mass is 228 g/mol. The van der Waals surface area contributed by atoms with Crippen LogP contribution in [0.2, 0.25) is 0 Å². The Morgan fingerprint density at radius 3 is 2.71 bits per heavy atom. The molecule has 1 atom stereocenters. The molecule has 0 saturated heterocycles. The van der Waals surface area contributed by atoms with Gasteiger partial charge in [0.05, 0.1) is 5.92 Å². The zero-order valence-corrected chi connectivity index (χ0v) is 11.1. The minimum atomic E-state index is 0.580. The van der Waals surface area contributed by atoms with E-state index in [1.165, 1.54) is 17.0 Å². The van der Waals surface area contributed by atoms with Gasteiger partial charge < -0.3 is 0 Å². The predicted octanol–water partition coefficient (Wildman–Crippen LogP) is 4.12. The highest BCUT2D eigenvalue weighted by molar-refractivity contribution is 5.90. The van der Waals surface area contributed by atoms with Crippen LogP contribution >= 0.6 is 0 Å². The zero-order chi connectivity index (χ0) is 12.4. The minimum absolute atomic E-state index is 0.580. The number of nitrogens with zero attached hydrogens (tertiary/aromatic N) is 1. The summed E-state index contributed by atoms with van der Waals surface area (Å²) in [5.41, 5.74) is 4.37. The van der Waals surface area contributed by atoms with Crippen molar-refractivity contribution in [2.45, 2.75) is 33.1 Å². The molecule has 1 heteroatoms. The summed E-state index contributed by atoms with van der Waals surface area (Å²) >= 11 is 0. The third-order valence-corrected chi connectivity index (χ3v) is 3.66. The number of rotatable bonds is 4. The maximum absolute atomic E-state index is 3.82. The molecule has 0 amide bonds. The van der Waals surface area contributed by atoms with Crippen LogP contribution in [0, 0.1) is 5.92 Å². The summed E-state index contributed by atoms with van der Waals surface area (Å²) in [5, 5.41) is 0. The standard InChI is InChI=1S/C16H22N/c1-5-6-11-17-13(4)16(12(2)3)14-9-7-8-10-15(14)17/h5,7-10,12,16H,1,6,11H2,2-4H3/q+1. The molecule has 1 aromatic carbocycles. The Labute approximate surface area is 104 Å². The van der Waals surface area contributed by atoms with Crippen LogP contribution in [0.15, 0.2) is 36.9 Å². The van der Waals surface area contributed by atoms with Gasteiger partial charge in [-0.3, -0.25) is 0 Å². The lowest BCUT2D eigenvalue weighted by Crippen LogP contribution is -2.17. The first kappa shape index (κ1) is 12.1. The van der Waals surface area contributed by atoms with Crippen molar-refractivity contribution < 1.29 is 4.58 Å². The second kappa shape index (κ2) is 4.87. The number of fused-ring (bicyclic) bond motifs is 1. The van der Waals surface area contributed by atoms with E-state index in [0.29, 0.717) is 11.8 Å². The molecule has 0 aliphatic carbocycles. The molecule has 0 bridgehead atoms. The number of benzene rings is 1. The minimum Gasteiger partial charge on any atom is -0.199 e. The topological polar surface area (TPSA) is 3.01 Å². The molecule has 0 saturated carbocycles. The molecule has 1 aliphatic rings. The van der Waals surface area contributed by atoms with Crippen LogP contribution in [0.3, 0.4) is 0 Å². The van der Waals surface area contributed by atoms with E-state index in [-0.39, 0.29) is 0 Å². The second-order valence-corrected chi connectivity index (χ2v) is 5.15. The van der Waals surface area contributed by atoms with Gasteiger partial charge in [-0.15, -0.1) is 6.58 Å². The van der Waals surface area contributed by atoms with E-state index in [0.717, 1.165) is 13.0 Å². The molecular formula is C16H22N+. The van der Waals surface area contributed by atoms with E-state index in [9.17, 15) is 0 Å². The van der Waals surface area contributed by atoms with Crippen molar-refractivity contribution in [2.24, 2.45) is 5.92 Å². The van der Waals surface area contributed by atoms with Crippen LogP contribution in [0.1, 0.15) is 38.7 Å². The van der Waals surface area contributed by atoms with Crippen molar-refractivity contribution in [1.29, 1.82) is 0 Å². The van der Waals surface area contributed by atoms with Gasteiger partial charge in [-0.05, 0) is 5.92 Å². The summed E-state index contributed by atoms with van der Waals surface area (Å²) in [6.07, 6.45) is 3.04. The Bertz CT molecular complexity index is 454. The molecule has 0 N–H and O–H groups in total. The van der Waals surface area contributed by atoms with E-state index in [1.54, 1.807) is 0 Å². The highest BCUT2D eigenvalue weighted by atomic mass is 15.0. The van der Waals surface area contributed by atoms with E-state index < -0.39 is 0 Å². The van der Waals surface area contributed by atoms with E-state index in [4.69, 9.17) is 0 Å². The van der Waals surface area contributed by atoms with Crippen LogP contribution < -0.4 is 0 Å². The van der Waals surface area contributed by atoms with Gasteiger partial charge in [0.25, 0.3) is 0 Å². The zero-order valence-electron chi connectivity index (χ0n) is 11.1. The van der Waals surface area contributed by atoms with Crippen LogP contribution in [-0.2, 0) is 0 Å². The van der Waals surface area contributed by atoms with Crippen LogP contribution in [0.5, 0.6) is 0 Å². The van der Waals surface area contributed by atoms with E-state index >= 15 is 0 Å². The van der Waals surface area contributed by atoms with Gasteiger partial charge in [0, 0.05) is 25.0 Å². The van der Waals surface area contributed by atoms with Gasteiger partial charge in [-0.1, -0.05) is 38.1 Å². The summed E-state index contributed by atoms with van der Waals surface area (Å²) in [7, 11) is 0. The number of para-hydroxylation sites is 1. The summed E-state index contributed by atoms with van der Waals surface area (Å²) in [6.45, 7) is 11.8. The highest BCUT2D eigenvalue weighted by Crippen LogP contribution is 2.38. The Kier molecular flexibility index (Phi) is 3.46. The van der Waals surface area contributed by atoms with Crippen LogP contribution in [0.25, 0.3) is 0 Å². The maximum atomic E-state index is 3.82. The van der Waals surface area contributed by atoms with Gasteiger partial charge in [-0.2, -0.15) is 4.58 Å². The molecule has 1 aliphatic heterocycles. The SMILES string of the molecule is C=CCC[N+]1=C(C)C(C(C)C)c2ccccc21. The lowest BCUT2D eigenvalue weighted by Gasteiger charge is -2.12. The molecular weight excluding hydrogens is 206 g/mol. The third-order valence-electron chi connectivity index (χ3n) is 3.66. The Balaban J connectivity index is 2.45. The fourth-order valence-electron chi connectivity index (χ4n) is 2.94. The summed E-state index contributed by atoms with van der Waals surface area (Å²) < 4.78 is 2.46. The molecule has 0 radical (unpaired) electrons. The Morgan fingerprint density at radius 1 is 1.35 bits per heavy atom. The van der Waals surface area contributed by atoms with Gasteiger partial charge in [0.2, 0.25) is 5.69 Å². The van der Waals surface area contributed by atoms with E-state index in [2.05, 4.69) is 56.2 Å². The molecule has 0 spiro atoms. The molecule has 2 rings (SSSR count). The van der Waals surface area contributed by atoms with Gasteiger partial charge in [0.15, 0.2) is 12.3 Å². The van der Waals surface area contributed by atoms with Crippen molar-refractivity contribution in [3.63, 3.8) is 0 Å². The smallest absolute Gasteiger partial charge is 0.199 e. The van der Waals surface area contributed by atoms with Crippen LogP contribution in [0.4, 0.5) is 5.69 Å². The number of hydrogen-bond acceptors (Lipinski definition) is 0. The molecule has 1 aromatic rings. The molecule has 1 heterocycles. The normalized spacial score (nSPS) is 18.7. The van der Waals surface area contributed by atoms with Crippen molar-refractivity contribution >= 4 is 11.4 Å². The lowest BCUT2D eigenvalue weighted by atomic mass is 9.86. The summed E-state index contributed by atoms with van der Waals surface area (Å²) in [4.78, 5) is 0. The second-order valence-electron chi connectivity index (χ2n) is 5.15. The fraction of sp³-hybridized carbons (Fsp3) is 0.438. The maximum Gasteiger partial charge on any atom is 0.209 e. The predicted molar refractivity (Wildman–Crippen MR) is 74.3 cm³/mol. The molecule has 1 unspecified atom stereocenters. The third kappa shape index (κ3) is 2.06. The summed E-state index contributed by atoms with van der Waals surface area (Å²) in [5.74, 6) is 1.24. The van der Waals surface area contributed by atoms with Crippen LogP contribution in [-0.4, -0.2) is 16.8 Å². The van der Waals surface area contributed by atoms with E-state index in [1.807, 2.05) is 6.08 Å². The quantitative estimate of drug-likeness (QED) is 0.538. The van der Waals surface area contributed by atoms with Gasteiger partial charge >= 0.3 is 0 Å². The van der Waals surface area contributed by atoms with Crippen molar-refractivity contribution in [3.05, 3.63) is 42.5 Å². The molecule has 1 nitrogen and oxygen atoms in total. The average Bonchev–Trinajstić information content (AvgIpc) is 2.58. The number of hydrogen-bond donors (Lipinski definition) is 0. The van der Waals surface area contributed by atoms with Gasteiger partial charge in [-0.25, -0.2) is 0 Å². The first-order valence-electron chi connectivity index (χ1n) is 6.47. The van der Waals surface area contributed by atoms with Gasteiger partial charge in [0.1, 0.15) is 0 Å². The molecule has 90 valence electrons. The largest absolute Gasteiger partial charge is 0.209 e. The summed E-state index contributed by atoms with van der Waals surface area (Å²) in [6, 6.07) is 8.80. The lowest BCUT2D eigenvalue weighted by molar-refractivity contribution is -0.437. The Hall–Kier alpha value is -1.37. The van der Waals surface area contributed by atoms with Crippen molar-refractivity contribution in [3.8, 4) is 0 Å². The molecule has 17 heavy (non-hydrogen) atoms. The first-order valence-corrected chi connectivity index (χ1v) is 6.47. The Morgan fingerprint density at radius 2 is 2.06 bits per heavy atom. The first-order chi connectivity index (χ1) is 8.16. The van der Waals surface area contributed by atoms with Crippen molar-refractivity contribution in [2.75, 3.05) is 6.54 Å². The average molecular weight is 228 g/mol. The highest BCUT2D eigenvalue weighted by Gasteiger charge is 2.37. The van der Waals surface area contributed by atoms with Crippen molar-refractivity contribution in [1.82, 2.24) is 0 Å². The fourth-order valence-corrected chi connectivity index (χ4v) is 2.94.